The minimum absolute atomic E-state index is 0.439. The van der Waals surface area contributed by atoms with E-state index in [1.54, 1.807) is 0 Å². The van der Waals surface area contributed by atoms with Crippen molar-refractivity contribution < 1.29 is 5.11 Å². The normalized spacial score (nSPS) is 39.5. The van der Waals surface area contributed by atoms with Crippen LogP contribution in [0.4, 0.5) is 0 Å². The van der Waals surface area contributed by atoms with Crippen LogP contribution in [0.3, 0.4) is 0 Å². The van der Waals surface area contributed by atoms with Gasteiger partial charge in [0.05, 0.1) is 5.60 Å². The summed E-state index contributed by atoms with van der Waals surface area (Å²) in [7, 11) is 0. The van der Waals surface area contributed by atoms with Crippen molar-refractivity contribution in [1.29, 1.82) is 0 Å². The first kappa shape index (κ1) is 10.0. The number of likely N-dealkylation sites (tertiary alicyclic amines) is 1. The molecule has 0 radical (unpaired) electrons. The average molecular weight is 171 g/mol. The summed E-state index contributed by atoms with van der Waals surface area (Å²) >= 11 is 0. The van der Waals surface area contributed by atoms with Crippen LogP contribution in [0.1, 0.15) is 33.6 Å². The molecule has 1 rings (SSSR count). The third-order valence-corrected chi connectivity index (χ3v) is 3.32. The molecule has 0 bridgehead atoms. The van der Waals surface area contributed by atoms with Crippen molar-refractivity contribution in [3.05, 3.63) is 0 Å². The van der Waals surface area contributed by atoms with Gasteiger partial charge in [-0.15, -0.1) is 0 Å². The van der Waals surface area contributed by atoms with Crippen LogP contribution in [-0.2, 0) is 0 Å². The van der Waals surface area contributed by atoms with Gasteiger partial charge in [0.15, 0.2) is 0 Å². The van der Waals surface area contributed by atoms with Gasteiger partial charge >= 0.3 is 0 Å². The quantitative estimate of drug-likeness (QED) is 0.646. The maximum absolute atomic E-state index is 10.0. The second-order valence-corrected chi connectivity index (χ2v) is 4.23. The van der Waals surface area contributed by atoms with Crippen molar-refractivity contribution in [1.82, 2.24) is 4.90 Å². The fraction of sp³-hybridized carbons (Fsp3) is 1.00. The molecule has 1 saturated heterocycles. The van der Waals surface area contributed by atoms with Crippen LogP contribution < -0.4 is 0 Å². The zero-order valence-corrected chi connectivity index (χ0v) is 8.51. The first-order valence-electron chi connectivity index (χ1n) is 5.01. The fourth-order valence-corrected chi connectivity index (χ4v) is 1.75. The fourth-order valence-electron chi connectivity index (χ4n) is 1.75. The number of rotatable bonds is 1. The molecule has 0 aliphatic carbocycles. The summed E-state index contributed by atoms with van der Waals surface area (Å²) in [5.41, 5.74) is -0.441. The highest BCUT2D eigenvalue weighted by Gasteiger charge is 2.31. The number of hydrogen-bond donors (Lipinski definition) is 1. The smallest absolute Gasteiger partial charge is 0.0657 e. The second-order valence-electron chi connectivity index (χ2n) is 4.23. The van der Waals surface area contributed by atoms with Crippen molar-refractivity contribution in [2.75, 3.05) is 19.6 Å². The summed E-state index contributed by atoms with van der Waals surface area (Å²) in [6, 6.07) is 0. The van der Waals surface area contributed by atoms with Crippen LogP contribution in [0.2, 0.25) is 0 Å². The Labute approximate surface area is 75.6 Å². The molecular formula is C10H21NO. The monoisotopic (exact) mass is 171 g/mol. The maximum Gasteiger partial charge on any atom is 0.0657 e. The van der Waals surface area contributed by atoms with Gasteiger partial charge < -0.3 is 10.0 Å². The van der Waals surface area contributed by atoms with Gasteiger partial charge in [0, 0.05) is 6.54 Å². The number of nitrogens with zero attached hydrogens (tertiary/aromatic N) is 1. The molecule has 12 heavy (non-hydrogen) atoms. The van der Waals surface area contributed by atoms with E-state index in [0.29, 0.717) is 5.92 Å². The lowest BCUT2D eigenvalue weighted by molar-refractivity contribution is 0.00261. The Balaban J connectivity index is 2.53. The van der Waals surface area contributed by atoms with E-state index in [1.807, 2.05) is 6.92 Å². The topological polar surface area (TPSA) is 23.5 Å². The molecule has 0 aromatic rings. The van der Waals surface area contributed by atoms with Crippen LogP contribution in [0.25, 0.3) is 0 Å². The van der Waals surface area contributed by atoms with Gasteiger partial charge in [0.25, 0.3) is 0 Å². The summed E-state index contributed by atoms with van der Waals surface area (Å²) in [6.45, 7) is 9.62. The number of aliphatic hydroxyl groups is 1. The SMILES string of the molecule is CCN1CCC(C)C(C)(O)CC1. The Morgan fingerprint density at radius 3 is 2.75 bits per heavy atom. The minimum atomic E-state index is -0.441. The summed E-state index contributed by atoms with van der Waals surface area (Å²) in [6.07, 6.45) is 2.04. The molecule has 0 saturated carbocycles. The average Bonchev–Trinajstić information content (AvgIpc) is 2.14. The molecule has 0 amide bonds. The molecule has 1 aliphatic heterocycles. The third kappa shape index (κ3) is 2.20. The van der Waals surface area contributed by atoms with Crippen molar-refractivity contribution in [3.8, 4) is 0 Å². The van der Waals surface area contributed by atoms with Gasteiger partial charge in [-0.2, -0.15) is 0 Å². The Bertz CT molecular complexity index is 145. The van der Waals surface area contributed by atoms with Gasteiger partial charge in [-0.25, -0.2) is 0 Å². The highest BCUT2D eigenvalue weighted by molar-refractivity contribution is 4.84. The van der Waals surface area contributed by atoms with E-state index in [0.717, 1.165) is 32.5 Å². The van der Waals surface area contributed by atoms with E-state index in [-0.39, 0.29) is 0 Å². The van der Waals surface area contributed by atoms with E-state index in [2.05, 4.69) is 18.7 Å². The van der Waals surface area contributed by atoms with Crippen molar-refractivity contribution in [2.45, 2.75) is 39.2 Å². The standard InChI is InChI=1S/C10H21NO/c1-4-11-7-5-9(2)10(3,12)6-8-11/h9,12H,4-8H2,1-3H3. The van der Waals surface area contributed by atoms with Gasteiger partial charge in [-0.05, 0) is 38.8 Å². The lowest BCUT2D eigenvalue weighted by Gasteiger charge is -2.27. The molecule has 0 spiro atoms. The molecule has 1 aliphatic rings. The highest BCUT2D eigenvalue weighted by Crippen LogP contribution is 2.27. The third-order valence-electron chi connectivity index (χ3n) is 3.32. The van der Waals surface area contributed by atoms with Crippen LogP contribution in [-0.4, -0.2) is 35.2 Å². The van der Waals surface area contributed by atoms with E-state index in [1.165, 1.54) is 0 Å². The zero-order valence-electron chi connectivity index (χ0n) is 8.51. The van der Waals surface area contributed by atoms with Gasteiger partial charge in [0.2, 0.25) is 0 Å². The molecule has 2 unspecified atom stereocenters. The first-order valence-corrected chi connectivity index (χ1v) is 5.01. The summed E-state index contributed by atoms with van der Waals surface area (Å²) < 4.78 is 0. The summed E-state index contributed by atoms with van der Waals surface area (Å²) in [5.74, 6) is 0.439. The van der Waals surface area contributed by atoms with Crippen LogP contribution >= 0.6 is 0 Å². The second kappa shape index (κ2) is 3.75. The van der Waals surface area contributed by atoms with E-state index in [9.17, 15) is 5.11 Å². The molecule has 2 heteroatoms. The lowest BCUT2D eigenvalue weighted by Crippen LogP contribution is -2.33. The Kier molecular flexibility index (Phi) is 3.13. The Morgan fingerprint density at radius 2 is 2.17 bits per heavy atom. The highest BCUT2D eigenvalue weighted by atomic mass is 16.3. The number of hydrogen-bond acceptors (Lipinski definition) is 2. The Morgan fingerprint density at radius 1 is 1.50 bits per heavy atom. The molecule has 2 nitrogen and oxygen atoms in total. The minimum Gasteiger partial charge on any atom is -0.390 e. The Hall–Kier alpha value is -0.0800. The first-order chi connectivity index (χ1) is 5.56. The predicted octanol–water partition coefficient (Wildman–Crippen LogP) is 1.49. The van der Waals surface area contributed by atoms with Crippen LogP contribution in [0, 0.1) is 5.92 Å². The van der Waals surface area contributed by atoms with Gasteiger partial charge in [-0.3, -0.25) is 0 Å². The van der Waals surface area contributed by atoms with E-state index in [4.69, 9.17) is 0 Å². The summed E-state index contributed by atoms with van der Waals surface area (Å²) in [5, 5.41) is 10.0. The summed E-state index contributed by atoms with van der Waals surface area (Å²) in [4.78, 5) is 2.41. The maximum atomic E-state index is 10.0. The van der Waals surface area contributed by atoms with E-state index >= 15 is 0 Å². The largest absolute Gasteiger partial charge is 0.390 e. The van der Waals surface area contributed by atoms with Crippen molar-refractivity contribution in [2.24, 2.45) is 5.92 Å². The molecule has 0 aromatic heterocycles. The predicted molar refractivity (Wildman–Crippen MR) is 51.1 cm³/mol. The molecule has 72 valence electrons. The molecule has 2 atom stereocenters. The van der Waals surface area contributed by atoms with Crippen molar-refractivity contribution in [3.63, 3.8) is 0 Å². The van der Waals surface area contributed by atoms with Crippen molar-refractivity contribution >= 4 is 0 Å². The zero-order chi connectivity index (χ0) is 9.19. The van der Waals surface area contributed by atoms with Crippen LogP contribution in [0.5, 0.6) is 0 Å². The van der Waals surface area contributed by atoms with Gasteiger partial charge in [0.1, 0.15) is 0 Å². The van der Waals surface area contributed by atoms with E-state index < -0.39 is 5.60 Å². The van der Waals surface area contributed by atoms with Gasteiger partial charge in [-0.1, -0.05) is 13.8 Å². The molecule has 1 fully saturated rings. The molecular weight excluding hydrogens is 150 g/mol. The molecule has 1 heterocycles. The molecule has 1 N–H and O–H groups in total. The van der Waals surface area contributed by atoms with Crippen LogP contribution in [0.15, 0.2) is 0 Å². The lowest BCUT2D eigenvalue weighted by atomic mass is 9.87. The molecule has 0 aromatic carbocycles.